The second kappa shape index (κ2) is 12.8. The van der Waals surface area contributed by atoms with Crippen molar-refractivity contribution in [1.29, 1.82) is 0 Å². The van der Waals surface area contributed by atoms with E-state index in [0.29, 0.717) is 28.1 Å². The summed E-state index contributed by atoms with van der Waals surface area (Å²) in [5.41, 5.74) is 2.87. The maximum absolute atomic E-state index is 13.0. The van der Waals surface area contributed by atoms with Gasteiger partial charge in [-0.1, -0.05) is 44.7 Å². The molecule has 1 N–H and O–H groups in total. The average molecular weight is 585 g/mol. The Hall–Kier alpha value is -2.85. The number of hydrogen-bond acceptors (Lipinski definition) is 8. The lowest BCUT2D eigenvalue weighted by molar-refractivity contribution is -0.113. The second-order valence-electron chi connectivity index (χ2n) is 11.3. The number of aromatic nitrogens is 3. The number of rotatable bonds is 10. The molecule has 3 aromatic rings. The first-order valence-corrected chi connectivity index (χ1v) is 15.8. The minimum Gasteiger partial charge on any atom is -0.483 e. The van der Waals surface area contributed by atoms with Crippen molar-refractivity contribution < 1.29 is 19.1 Å². The highest BCUT2D eigenvalue weighted by atomic mass is 32.2. The molecule has 8 nitrogen and oxygen atoms in total. The summed E-state index contributed by atoms with van der Waals surface area (Å²) >= 11 is 2.81. The summed E-state index contributed by atoms with van der Waals surface area (Å²) in [6.07, 6.45) is 3.35. The van der Waals surface area contributed by atoms with E-state index in [4.69, 9.17) is 9.47 Å². The molecule has 1 aliphatic carbocycles. The number of benzene rings is 1. The molecule has 40 heavy (non-hydrogen) atoms. The zero-order valence-corrected chi connectivity index (χ0v) is 26.1. The molecule has 4 rings (SSSR count). The number of nitrogens with one attached hydrogen (secondary N) is 1. The molecule has 216 valence electrons. The molecule has 0 aliphatic heterocycles. The number of nitrogens with zero attached hydrogens (tertiary/aromatic N) is 3. The van der Waals surface area contributed by atoms with Crippen LogP contribution < -0.4 is 10.1 Å². The number of carbonyl (C=O) groups is 2. The van der Waals surface area contributed by atoms with E-state index in [2.05, 4.69) is 48.4 Å². The summed E-state index contributed by atoms with van der Waals surface area (Å²) in [4.78, 5) is 27.1. The van der Waals surface area contributed by atoms with Gasteiger partial charge in [0.25, 0.3) is 0 Å². The highest BCUT2D eigenvalue weighted by Gasteiger charge is 2.28. The number of aryl methyl sites for hydroxylation is 1. The van der Waals surface area contributed by atoms with Crippen LogP contribution in [-0.4, -0.2) is 38.5 Å². The standard InChI is InChI=1S/C30H40N4O4S2/c1-8-34-26(19(4)38-21-15-13-20(14-16-21)30(5,6)7)32-33-29(34)39-17-24(35)31-27-25(28(36)37-18(2)3)22-11-9-10-12-23(22)40-27/h13-16,18-19H,8-12,17H2,1-7H3,(H,31,35). The van der Waals surface area contributed by atoms with E-state index in [1.807, 2.05) is 44.4 Å². The van der Waals surface area contributed by atoms with Crippen molar-refractivity contribution in [2.45, 2.75) is 103 Å². The Labute approximate surface area is 245 Å². The molecule has 1 aromatic carbocycles. The van der Waals surface area contributed by atoms with Gasteiger partial charge in [0.2, 0.25) is 5.91 Å². The Morgan fingerprint density at radius 2 is 1.80 bits per heavy atom. The largest absolute Gasteiger partial charge is 0.483 e. The minimum absolute atomic E-state index is 0.0762. The number of thiophene rings is 1. The summed E-state index contributed by atoms with van der Waals surface area (Å²) in [6, 6.07) is 8.14. The Balaban J connectivity index is 1.42. The molecule has 0 spiro atoms. The normalized spacial score (nSPS) is 14.1. The number of thioether (sulfide) groups is 1. The van der Waals surface area contributed by atoms with Gasteiger partial charge in [-0.25, -0.2) is 4.79 Å². The predicted molar refractivity (Wildman–Crippen MR) is 161 cm³/mol. The fourth-order valence-electron chi connectivity index (χ4n) is 4.73. The van der Waals surface area contributed by atoms with Gasteiger partial charge in [0.1, 0.15) is 10.8 Å². The van der Waals surface area contributed by atoms with Crippen LogP contribution in [0.3, 0.4) is 0 Å². The van der Waals surface area contributed by atoms with Gasteiger partial charge in [0.15, 0.2) is 17.1 Å². The van der Waals surface area contributed by atoms with Crippen LogP contribution in [0.15, 0.2) is 29.4 Å². The van der Waals surface area contributed by atoms with Crippen LogP contribution in [0.25, 0.3) is 0 Å². The van der Waals surface area contributed by atoms with Crippen molar-refractivity contribution >= 4 is 40.0 Å². The van der Waals surface area contributed by atoms with Gasteiger partial charge in [-0.05, 0) is 82.1 Å². The van der Waals surface area contributed by atoms with Crippen molar-refractivity contribution in [3.8, 4) is 5.75 Å². The maximum atomic E-state index is 13.0. The smallest absolute Gasteiger partial charge is 0.341 e. The first kappa shape index (κ1) is 30.1. The zero-order chi connectivity index (χ0) is 29.0. The van der Waals surface area contributed by atoms with Crippen LogP contribution in [0.1, 0.15) is 99.6 Å². The van der Waals surface area contributed by atoms with Gasteiger partial charge >= 0.3 is 5.97 Å². The molecule has 2 heterocycles. The summed E-state index contributed by atoms with van der Waals surface area (Å²) in [6.45, 7) is 14.8. The molecule has 0 saturated heterocycles. The van der Waals surface area contributed by atoms with E-state index < -0.39 is 0 Å². The molecule has 0 bridgehead atoms. The van der Waals surface area contributed by atoms with Gasteiger partial charge in [-0.2, -0.15) is 0 Å². The number of esters is 1. The van der Waals surface area contributed by atoms with E-state index >= 15 is 0 Å². The van der Waals surface area contributed by atoms with E-state index in [1.54, 1.807) is 0 Å². The fourth-order valence-corrected chi connectivity index (χ4v) is 6.83. The van der Waals surface area contributed by atoms with Crippen molar-refractivity contribution in [3.63, 3.8) is 0 Å². The fraction of sp³-hybridized carbons (Fsp3) is 0.533. The van der Waals surface area contributed by atoms with E-state index in [1.165, 1.54) is 33.5 Å². The van der Waals surface area contributed by atoms with Gasteiger partial charge in [-0.3, -0.25) is 4.79 Å². The molecule has 0 radical (unpaired) electrons. The van der Waals surface area contributed by atoms with Crippen LogP contribution >= 0.6 is 23.1 Å². The molecule has 0 saturated carbocycles. The highest BCUT2D eigenvalue weighted by molar-refractivity contribution is 7.99. The zero-order valence-electron chi connectivity index (χ0n) is 24.5. The third kappa shape index (κ3) is 7.07. The monoisotopic (exact) mass is 584 g/mol. The molecule has 0 fully saturated rings. The lowest BCUT2D eigenvalue weighted by Crippen LogP contribution is -2.19. The number of carbonyl (C=O) groups excluding carboxylic acids is 2. The van der Waals surface area contributed by atoms with E-state index in [9.17, 15) is 9.59 Å². The van der Waals surface area contributed by atoms with Gasteiger partial charge in [0.05, 0.1) is 17.4 Å². The summed E-state index contributed by atoms with van der Waals surface area (Å²) in [7, 11) is 0. The molecule has 1 amide bonds. The van der Waals surface area contributed by atoms with Crippen LogP contribution in [0.5, 0.6) is 5.75 Å². The van der Waals surface area contributed by atoms with Crippen molar-refractivity contribution in [3.05, 3.63) is 51.7 Å². The molecule has 1 atom stereocenters. The number of anilines is 1. The van der Waals surface area contributed by atoms with Crippen molar-refractivity contribution in [2.75, 3.05) is 11.1 Å². The number of ether oxygens (including phenoxy) is 2. The molecular formula is C30H40N4O4S2. The summed E-state index contributed by atoms with van der Waals surface area (Å²) < 4.78 is 13.7. The SMILES string of the molecule is CCn1c(SCC(=O)Nc2sc3c(c2C(=O)OC(C)C)CCCC3)nnc1C(C)Oc1ccc(C(C)(C)C)cc1. The van der Waals surface area contributed by atoms with E-state index in [-0.39, 0.29) is 35.3 Å². The molecular weight excluding hydrogens is 544 g/mol. The topological polar surface area (TPSA) is 95.3 Å². The van der Waals surface area contributed by atoms with E-state index in [0.717, 1.165) is 37.0 Å². The Morgan fingerprint density at radius 3 is 2.45 bits per heavy atom. The minimum atomic E-state index is -0.366. The Morgan fingerprint density at radius 1 is 1.10 bits per heavy atom. The van der Waals surface area contributed by atoms with Crippen molar-refractivity contribution in [2.24, 2.45) is 0 Å². The number of fused-ring (bicyclic) bond motifs is 1. The first-order valence-electron chi connectivity index (χ1n) is 14.0. The number of hydrogen-bond donors (Lipinski definition) is 1. The quantitative estimate of drug-likeness (QED) is 0.203. The molecule has 1 aliphatic rings. The Kier molecular flexibility index (Phi) is 9.61. The summed E-state index contributed by atoms with van der Waals surface area (Å²) in [5.74, 6) is 1.05. The number of amides is 1. The summed E-state index contributed by atoms with van der Waals surface area (Å²) in [5, 5.41) is 13.0. The highest BCUT2D eigenvalue weighted by Crippen LogP contribution is 2.39. The van der Waals surface area contributed by atoms with Crippen LogP contribution in [-0.2, 0) is 34.3 Å². The second-order valence-corrected chi connectivity index (χ2v) is 13.4. The van der Waals surface area contributed by atoms with Crippen LogP contribution in [0, 0.1) is 0 Å². The predicted octanol–water partition coefficient (Wildman–Crippen LogP) is 6.97. The maximum Gasteiger partial charge on any atom is 0.341 e. The van der Waals surface area contributed by atoms with Gasteiger partial charge < -0.3 is 19.4 Å². The average Bonchev–Trinajstić information content (AvgIpc) is 3.47. The Bertz CT molecular complexity index is 1340. The molecule has 2 aromatic heterocycles. The van der Waals surface area contributed by atoms with Crippen molar-refractivity contribution in [1.82, 2.24) is 14.8 Å². The van der Waals surface area contributed by atoms with Crippen LogP contribution in [0.2, 0.25) is 0 Å². The first-order chi connectivity index (χ1) is 19.0. The van der Waals surface area contributed by atoms with Gasteiger partial charge in [0, 0.05) is 11.4 Å². The molecule has 1 unspecified atom stereocenters. The lowest BCUT2D eigenvalue weighted by atomic mass is 9.87. The van der Waals surface area contributed by atoms with Crippen LogP contribution in [0.4, 0.5) is 5.00 Å². The van der Waals surface area contributed by atoms with Gasteiger partial charge in [-0.15, -0.1) is 21.5 Å². The lowest BCUT2D eigenvalue weighted by Gasteiger charge is -2.20. The molecule has 10 heteroatoms. The third-order valence-electron chi connectivity index (χ3n) is 6.76. The third-order valence-corrected chi connectivity index (χ3v) is 8.94.